The minimum Gasteiger partial charge on any atom is -0.478 e. The summed E-state index contributed by atoms with van der Waals surface area (Å²) < 4.78 is 0. The highest BCUT2D eigenvalue weighted by molar-refractivity contribution is 6.05. The van der Waals surface area contributed by atoms with Gasteiger partial charge in [-0.3, -0.25) is 4.79 Å². The second kappa shape index (κ2) is 4.88. The van der Waals surface area contributed by atoms with Crippen molar-refractivity contribution < 1.29 is 14.7 Å². The molecule has 1 fully saturated rings. The first kappa shape index (κ1) is 13.3. The molecule has 1 aromatic rings. The molecule has 0 saturated carbocycles. The van der Waals surface area contributed by atoms with E-state index in [2.05, 4.69) is 19.2 Å². The van der Waals surface area contributed by atoms with E-state index in [9.17, 15) is 9.59 Å². The third kappa shape index (κ3) is 3.22. The van der Waals surface area contributed by atoms with Gasteiger partial charge in [0.2, 0.25) is 0 Å². The molecule has 0 aliphatic carbocycles. The number of hydrogen-bond donors (Lipinski definition) is 2. The van der Waals surface area contributed by atoms with E-state index in [1.165, 1.54) is 12.1 Å². The maximum atomic E-state index is 12.0. The average Bonchev–Trinajstić information content (AvgIpc) is 2.68. The Labute approximate surface area is 112 Å². The van der Waals surface area contributed by atoms with Crippen LogP contribution in [0, 0.1) is 5.41 Å². The smallest absolute Gasteiger partial charge is 0.335 e. The van der Waals surface area contributed by atoms with Gasteiger partial charge in [-0.05, 0) is 24.0 Å². The fraction of sp³-hybridized carbons (Fsp3) is 0.333. The third-order valence-corrected chi connectivity index (χ3v) is 3.18. The van der Waals surface area contributed by atoms with E-state index >= 15 is 0 Å². The van der Waals surface area contributed by atoms with Crippen molar-refractivity contribution in [3.05, 3.63) is 47.2 Å². The summed E-state index contributed by atoms with van der Waals surface area (Å²) in [7, 11) is 0. The van der Waals surface area contributed by atoms with Crippen molar-refractivity contribution in [2.75, 3.05) is 6.54 Å². The number of carbonyl (C=O) groups excluding carboxylic acids is 1. The molecule has 4 heteroatoms. The summed E-state index contributed by atoms with van der Waals surface area (Å²) in [4.78, 5) is 22.8. The van der Waals surface area contributed by atoms with E-state index in [0.717, 1.165) is 18.7 Å². The third-order valence-electron chi connectivity index (χ3n) is 3.18. The number of benzene rings is 1. The van der Waals surface area contributed by atoms with Crippen LogP contribution in [0.25, 0.3) is 0 Å². The van der Waals surface area contributed by atoms with Crippen molar-refractivity contribution in [3.8, 4) is 0 Å². The molecule has 1 aliphatic heterocycles. The Bertz CT molecular complexity index is 541. The molecule has 1 aromatic carbocycles. The molecule has 0 amide bonds. The first-order valence-corrected chi connectivity index (χ1v) is 6.19. The first-order valence-electron chi connectivity index (χ1n) is 6.19. The Morgan fingerprint density at radius 2 is 1.79 bits per heavy atom. The van der Waals surface area contributed by atoms with Crippen molar-refractivity contribution in [1.82, 2.24) is 5.32 Å². The number of allylic oxidation sites excluding steroid dienone is 2. The SMILES string of the molecule is CC1(C)CN/C(=C\C(=O)c2ccc(C(=O)O)cc2)C1. The van der Waals surface area contributed by atoms with Crippen LogP contribution in [0.4, 0.5) is 0 Å². The molecule has 1 heterocycles. The van der Waals surface area contributed by atoms with E-state index in [-0.39, 0.29) is 16.8 Å². The van der Waals surface area contributed by atoms with Crippen LogP contribution < -0.4 is 5.32 Å². The molecule has 19 heavy (non-hydrogen) atoms. The maximum absolute atomic E-state index is 12.0. The van der Waals surface area contributed by atoms with Gasteiger partial charge in [0.05, 0.1) is 5.56 Å². The number of carboxylic acids is 1. The van der Waals surface area contributed by atoms with Crippen molar-refractivity contribution >= 4 is 11.8 Å². The molecule has 2 rings (SSSR count). The van der Waals surface area contributed by atoms with Crippen molar-refractivity contribution in [2.45, 2.75) is 20.3 Å². The van der Waals surface area contributed by atoms with Crippen LogP contribution in [-0.4, -0.2) is 23.4 Å². The van der Waals surface area contributed by atoms with Gasteiger partial charge >= 0.3 is 5.97 Å². The minimum absolute atomic E-state index is 0.0999. The lowest BCUT2D eigenvalue weighted by Gasteiger charge is -2.12. The topological polar surface area (TPSA) is 66.4 Å². The minimum atomic E-state index is -0.989. The first-order chi connectivity index (χ1) is 8.87. The number of nitrogens with one attached hydrogen (secondary N) is 1. The summed E-state index contributed by atoms with van der Waals surface area (Å²) in [6.07, 6.45) is 2.45. The van der Waals surface area contributed by atoms with Gasteiger partial charge in [-0.15, -0.1) is 0 Å². The lowest BCUT2D eigenvalue weighted by molar-refractivity contribution is 0.0696. The van der Waals surface area contributed by atoms with Gasteiger partial charge in [-0.1, -0.05) is 26.0 Å². The summed E-state index contributed by atoms with van der Waals surface area (Å²) in [6.45, 7) is 5.16. The summed E-state index contributed by atoms with van der Waals surface area (Å²) in [5.41, 5.74) is 1.81. The molecule has 1 aliphatic rings. The van der Waals surface area contributed by atoms with E-state index in [0.29, 0.717) is 5.56 Å². The van der Waals surface area contributed by atoms with Crippen LogP contribution in [0.3, 0.4) is 0 Å². The molecule has 4 nitrogen and oxygen atoms in total. The van der Waals surface area contributed by atoms with E-state index in [1.807, 2.05) is 0 Å². The molecular weight excluding hydrogens is 242 g/mol. The predicted octanol–water partition coefficient (Wildman–Crippen LogP) is 2.47. The van der Waals surface area contributed by atoms with Gasteiger partial charge in [-0.25, -0.2) is 4.79 Å². The molecule has 0 radical (unpaired) electrons. The van der Waals surface area contributed by atoms with Gasteiger partial charge < -0.3 is 10.4 Å². The monoisotopic (exact) mass is 259 g/mol. The average molecular weight is 259 g/mol. The second-order valence-electron chi connectivity index (χ2n) is 5.61. The van der Waals surface area contributed by atoms with Crippen LogP contribution in [-0.2, 0) is 0 Å². The summed E-state index contributed by atoms with van der Waals surface area (Å²) in [6, 6.07) is 5.98. The lowest BCUT2D eigenvalue weighted by Crippen LogP contribution is -2.15. The molecular formula is C15H17NO3. The number of carbonyl (C=O) groups is 2. The maximum Gasteiger partial charge on any atom is 0.335 e. The zero-order valence-electron chi connectivity index (χ0n) is 11.1. The molecule has 0 spiro atoms. The highest BCUT2D eigenvalue weighted by atomic mass is 16.4. The normalized spacial score (nSPS) is 19.2. The molecule has 1 saturated heterocycles. The Balaban J connectivity index is 2.12. The molecule has 0 bridgehead atoms. The molecule has 0 atom stereocenters. The van der Waals surface area contributed by atoms with Gasteiger partial charge in [-0.2, -0.15) is 0 Å². The highest BCUT2D eigenvalue weighted by Gasteiger charge is 2.26. The molecule has 0 unspecified atom stereocenters. The number of ketones is 1. The van der Waals surface area contributed by atoms with Crippen molar-refractivity contribution in [1.29, 1.82) is 0 Å². The standard InChI is InChI=1S/C15H17NO3/c1-15(2)8-12(16-9-15)7-13(17)10-3-5-11(6-4-10)14(18)19/h3-7,16H,8-9H2,1-2H3,(H,18,19)/b12-7-. The predicted molar refractivity (Wildman–Crippen MR) is 72.2 cm³/mol. The Morgan fingerprint density at radius 1 is 1.21 bits per heavy atom. The largest absolute Gasteiger partial charge is 0.478 e. The Kier molecular flexibility index (Phi) is 3.42. The second-order valence-corrected chi connectivity index (χ2v) is 5.61. The zero-order valence-corrected chi connectivity index (χ0v) is 11.1. The van der Waals surface area contributed by atoms with Crippen molar-refractivity contribution in [3.63, 3.8) is 0 Å². The Morgan fingerprint density at radius 3 is 2.26 bits per heavy atom. The van der Waals surface area contributed by atoms with Crippen LogP contribution in [0.2, 0.25) is 0 Å². The summed E-state index contributed by atoms with van der Waals surface area (Å²) in [5, 5.41) is 12.0. The lowest BCUT2D eigenvalue weighted by atomic mass is 9.92. The van der Waals surface area contributed by atoms with Gasteiger partial charge in [0.25, 0.3) is 0 Å². The van der Waals surface area contributed by atoms with E-state index in [1.54, 1.807) is 18.2 Å². The van der Waals surface area contributed by atoms with Crippen LogP contribution in [0.15, 0.2) is 36.0 Å². The fourth-order valence-electron chi connectivity index (χ4n) is 2.11. The van der Waals surface area contributed by atoms with E-state index < -0.39 is 5.97 Å². The van der Waals surface area contributed by atoms with Crippen LogP contribution in [0.1, 0.15) is 41.0 Å². The number of rotatable bonds is 3. The van der Waals surface area contributed by atoms with Crippen LogP contribution in [0.5, 0.6) is 0 Å². The highest BCUT2D eigenvalue weighted by Crippen LogP contribution is 2.29. The van der Waals surface area contributed by atoms with Crippen LogP contribution >= 0.6 is 0 Å². The quantitative estimate of drug-likeness (QED) is 0.646. The number of carboxylic acid groups (broad SMARTS) is 1. The van der Waals surface area contributed by atoms with Gasteiger partial charge in [0.15, 0.2) is 5.78 Å². The summed E-state index contributed by atoms with van der Waals surface area (Å²) >= 11 is 0. The zero-order chi connectivity index (χ0) is 14.0. The van der Waals surface area contributed by atoms with E-state index in [4.69, 9.17) is 5.11 Å². The number of hydrogen-bond acceptors (Lipinski definition) is 3. The van der Waals surface area contributed by atoms with Crippen molar-refractivity contribution in [2.24, 2.45) is 5.41 Å². The molecule has 100 valence electrons. The fourth-order valence-corrected chi connectivity index (χ4v) is 2.11. The summed E-state index contributed by atoms with van der Waals surface area (Å²) in [5.74, 6) is -1.09. The van der Waals surface area contributed by atoms with Gasteiger partial charge in [0.1, 0.15) is 0 Å². The Hall–Kier alpha value is -2.10. The van der Waals surface area contributed by atoms with Gasteiger partial charge in [0, 0.05) is 23.9 Å². The number of aromatic carboxylic acids is 1. The molecule has 2 N–H and O–H groups in total. The molecule has 0 aromatic heterocycles.